The van der Waals surface area contributed by atoms with Gasteiger partial charge in [0, 0.05) is 23.5 Å². The molecule has 1 unspecified atom stereocenters. The second kappa shape index (κ2) is 6.32. The van der Waals surface area contributed by atoms with E-state index in [1.54, 1.807) is 12.1 Å². The average molecular weight is 274 g/mol. The topological polar surface area (TPSA) is 49.8 Å². The van der Waals surface area contributed by atoms with Gasteiger partial charge in [0.25, 0.3) is 0 Å². The number of nitrogens with zero attached hydrogens (tertiary/aromatic N) is 2. The van der Waals surface area contributed by atoms with Crippen molar-refractivity contribution in [2.45, 2.75) is 33.2 Å². The molecule has 106 valence electrons. The second-order valence-corrected chi connectivity index (χ2v) is 4.81. The monoisotopic (exact) mass is 274 g/mol. The van der Waals surface area contributed by atoms with E-state index in [2.05, 4.69) is 34.4 Å². The van der Waals surface area contributed by atoms with Crippen molar-refractivity contribution in [1.82, 2.24) is 9.97 Å². The van der Waals surface area contributed by atoms with Crippen molar-refractivity contribution < 1.29 is 4.39 Å². The molecule has 4 nitrogen and oxygen atoms in total. The van der Waals surface area contributed by atoms with Crippen LogP contribution in [0.5, 0.6) is 0 Å². The van der Waals surface area contributed by atoms with E-state index >= 15 is 0 Å². The van der Waals surface area contributed by atoms with Gasteiger partial charge in [-0.05, 0) is 38.5 Å². The van der Waals surface area contributed by atoms with Crippen LogP contribution in [-0.2, 0) is 0 Å². The van der Waals surface area contributed by atoms with E-state index in [4.69, 9.17) is 0 Å². The summed E-state index contributed by atoms with van der Waals surface area (Å²) in [4.78, 5) is 8.70. The fraction of sp³-hybridized carbons (Fsp3) is 0.333. The quantitative estimate of drug-likeness (QED) is 0.868. The number of aromatic nitrogens is 2. The number of rotatable bonds is 5. The van der Waals surface area contributed by atoms with E-state index in [0.29, 0.717) is 17.7 Å². The van der Waals surface area contributed by atoms with Gasteiger partial charge in [0.15, 0.2) is 0 Å². The number of anilines is 3. The summed E-state index contributed by atoms with van der Waals surface area (Å²) in [6, 6.07) is 8.46. The lowest BCUT2D eigenvalue weighted by Crippen LogP contribution is -2.15. The molecule has 0 aliphatic heterocycles. The summed E-state index contributed by atoms with van der Waals surface area (Å²) in [7, 11) is 0. The van der Waals surface area contributed by atoms with Gasteiger partial charge >= 0.3 is 0 Å². The standard InChI is InChI=1S/C15H19FN4/c1-4-10(2)17-14-8-11(3)18-15(20-14)19-13-7-5-6-12(16)9-13/h5-10H,4H2,1-3H3,(H2,17,18,19,20). The van der Waals surface area contributed by atoms with Gasteiger partial charge in [0.1, 0.15) is 11.6 Å². The Morgan fingerprint density at radius 3 is 2.75 bits per heavy atom. The molecule has 1 aromatic carbocycles. The van der Waals surface area contributed by atoms with Crippen LogP contribution in [0.1, 0.15) is 26.0 Å². The van der Waals surface area contributed by atoms with Crippen molar-refractivity contribution in [2.24, 2.45) is 0 Å². The van der Waals surface area contributed by atoms with E-state index < -0.39 is 0 Å². The molecule has 0 bridgehead atoms. The Hall–Kier alpha value is -2.17. The Morgan fingerprint density at radius 1 is 1.25 bits per heavy atom. The van der Waals surface area contributed by atoms with Gasteiger partial charge in [0.05, 0.1) is 0 Å². The lowest BCUT2D eigenvalue weighted by molar-refractivity contribution is 0.628. The molecule has 0 aliphatic rings. The van der Waals surface area contributed by atoms with Crippen molar-refractivity contribution >= 4 is 17.5 Å². The van der Waals surface area contributed by atoms with Crippen LogP contribution in [0.4, 0.5) is 21.8 Å². The molecule has 2 aromatic rings. The van der Waals surface area contributed by atoms with Crippen LogP contribution in [0.25, 0.3) is 0 Å². The minimum atomic E-state index is -0.291. The summed E-state index contributed by atoms with van der Waals surface area (Å²) in [5.41, 5.74) is 1.48. The molecule has 0 saturated heterocycles. The third-order valence-electron chi connectivity index (χ3n) is 2.94. The molecule has 0 saturated carbocycles. The number of aryl methyl sites for hydroxylation is 1. The summed E-state index contributed by atoms with van der Waals surface area (Å²) in [5, 5.41) is 6.32. The summed E-state index contributed by atoms with van der Waals surface area (Å²) in [6.07, 6.45) is 1.01. The summed E-state index contributed by atoms with van der Waals surface area (Å²) >= 11 is 0. The van der Waals surface area contributed by atoms with E-state index in [-0.39, 0.29) is 5.82 Å². The molecule has 1 heterocycles. The van der Waals surface area contributed by atoms with Crippen LogP contribution in [0, 0.1) is 12.7 Å². The third-order valence-corrected chi connectivity index (χ3v) is 2.94. The molecule has 0 radical (unpaired) electrons. The fourth-order valence-electron chi connectivity index (χ4n) is 1.75. The first-order valence-electron chi connectivity index (χ1n) is 6.71. The molecule has 2 rings (SSSR count). The minimum absolute atomic E-state index is 0.291. The highest BCUT2D eigenvalue weighted by Gasteiger charge is 2.05. The summed E-state index contributed by atoms with van der Waals surface area (Å²) in [5.74, 6) is 0.938. The van der Waals surface area contributed by atoms with Gasteiger partial charge in [0.2, 0.25) is 5.95 Å². The molecule has 0 amide bonds. The highest BCUT2D eigenvalue weighted by Crippen LogP contribution is 2.17. The van der Waals surface area contributed by atoms with Crippen LogP contribution >= 0.6 is 0 Å². The molecule has 2 N–H and O–H groups in total. The first kappa shape index (κ1) is 14.2. The van der Waals surface area contributed by atoms with Crippen LogP contribution < -0.4 is 10.6 Å². The Morgan fingerprint density at radius 2 is 2.05 bits per heavy atom. The van der Waals surface area contributed by atoms with E-state index in [0.717, 1.165) is 17.9 Å². The molecule has 0 spiro atoms. The maximum absolute atomic E-state index is 13.2. The van der Waals surface area contributed by atoms with Crippen molar-refractivity contribution in [2.75, 3.05) is 10.6 Å². The largest absolute Gasteiger partial charge is 0.367 e. The number of hydrogen-bond acceptors (Lipinski definition) is 4. The second-order valence-electron chi connectivity index (χ2n) is 4.81. The van der Waals surface area contributed by atoms with Crippen LogP contribution in [0.15, 0.2) is 30.3 Å². The third kappa shape index (κ3) is 3.91. The van der Waals surface area contributed by atoms with Crippen LogP contribution in [-0.4, -0.2) is 16.0 Å². The molecular weight excluding hydrogens is 255 g/mol. The van der Waals surface area contributed by atoms with Crippen molar-refractivity contribution in [3.8, 4) is 0 Å². The molecule has 1 atom stereocenters. The van der Waals surface area contributed by atoms with Gasteiger partial charge in [-0.1, -0.05) is 13.0 Å². The smallest absolute Gasteiger partial charge is 0.229 e. The van der Waals surface area contributed by atoms with E-state index in [9.17, 15) is 4.39 Å². The average Bonchev–Trinajstić information content (AvgIpc) is 2.37. The molecule has 1 aromatic heterocycles. The zero-order chi connectivity index (χ0) is 14.5. The fourth-order valence-corrected chi connectivity index (χ4v) is 1.75. The minimum Gasteiger partial charge on any atom is -0.367 e. The van der Waals surface area contributed by atoms with Crippen molar-refractivity contribution in [3.63, 3.8) is 0 Å². The lowest BCUT2D eigenvalue weighted by atomic mass is 10.2. The zero-order valence-electron chi connectivity index (χ0n) is 11.9. The number of benzene rings is 1. The van der Waals surface area contributed by atoms with Crippen LogP contribution in [0.3, 0.4) is 0 Å². The maximum atomic E-state index is 13.2. The molecular formula is C15H19FN4. The van der Waals surface area contributed by atoms with Crippen LogP contribution in [0.2, 0.25) is 0 Å². The SMILES string of the molecule is CCC(C)Nc1cc(C)nc(Nc2cccc(F)c2)n1. The number of halogens is 1. The highest BCUT2D eigenvalue weighted by atomic mass is 19.1. The number of hydrogen-bond donors (Lipinski definition) is 2. The Bertz CT molecular complexity index is 586. The van der Waals surface area contributed by atoms with E-state index in [1.807, 2.05) is 13.0 Å². The zero-order valence-corrected chi connectivity index (χ0v) is 11.9. The maximum Gasteiger partial charge on any atom is 0.229 e. The summed E-state index contributed by atoms with van der Waals surface area (Å²) in [6.45, 7) is 6.11. The van der Waals surface area contributed by atoms with Gasteiger partial charge in [-0.2, -0.15) is 4.98 Å². The van der Waals surface area contributed by atoms with Gasteiger partial charge in [-0.25, -0.2) is 9.37 Å². The van der Waals surface area contributed by atoms with Gasteiger partial charge in [-0.3, -0.25) is 0 Å². The molecule has 0 aliphatic carbocycles. The Labute approximate surface area is 118 Å². The number of nitrogens with one attached hydrogen (secondary N) is 2. The normalized spacial score (nSPS) is 12.0. The molecule has 5 heteroatoms. The first-order chi connectivity index (χ1) is 9.56. The van der Waals surface area contributed by atoms with E-state index in [1.165, 1.54) is 12.1 Å². The van der Waals surface area contributed by atoms with Crippen molar-refractivity contribution in [3.05, 3.63) is 41.8 Å². The molecule has 20 heavy (non-hydrogen) atoms. The predicted octanol–water partition coefficient (Wildman–Crippen LogP) is 3.88. The predicted molar refractivity (Wildman–Crippen MR) is 79.8 cm³/mol. The molecule has 0 fully saturated rings. The Balaban J connectivity index is 2.19. The highest BCUT2D eigenvalue weighted by molar-refractivity contribution is 5.55. The Kier molecular flexibility index (Phi) is 4.50. The van der Waals surface area contributed by atoms with Crippen molar-refractivity contribution in [1.29, 1.82) is 0 Å². The first-order valence-corrected chi connectivity index (χ1v) is 6.71. The summed E-state index contributed by atoms with van der Waals surface area (Å²) < 4.78 is 13.2. The lowest BCUT2D eigenvalue weighted by Gasteiger charge is -2.14. The van der Waals surface area contributed by atoms with Gasteiger partial charge in [-0.15, -0.1) is 0 Å². The van der Waals surface area contributed by atoms with Gasteiger partial charge < -0.3 is 10.6 Å².